The second-order valence-corrected chi connectivity index (χ2v) is 9.98. The molecular weight excluding hydrogens is 373 g/mol. The van der Waals surface area contributed by atoms with Gasteiger partial charge in [-0.3, -0.25) is 0 Å². The molecule has 0 fully saturated rings. The Balaban J connectivity index is 2.29. The first-order chi connectivity index (χ1) is 13.5. The van der Waals surface area contributed by atoms with E-state index < -0.39 is 19.7 Å². The highest BCUT2D eigenvalue weighted by Crippen LogP contribution is 2.28. The van der Waals surface area contributed by atoms with Crippen LogP contribution in [0.1, 0.15) is 11.1 Å². The van der Waals surface area contributed by atoms with Crippen LogP contribution in [0.15, 0.2) is 103 Å². The van der Waals surface area contributed by atoms with E-state index in [4.69, 9.17) is 0 Å². The monoisotopic (exact) mass is 392 g/mol. The Labute approximate surface area is 164 Å². The second-order valence-electron chi connectivity index (χ2n) is 6.43. The summed E-state index contributed by atoms with van der Waals surface area (Å²) in [6, 6.07) is 18.5. The van der Waals surface area contributed by atoms with Crippen LogP contribution in [0.2, 0.25) is 0 Å². The Morgan fingerprint density at radius 2 is 1.14 bits per heavy atom. The lowest BCUT2D eigenvalue weighted by Gasteiger charge is -2.23. The summed E-state index contributed by atoms with van der Waals surface area (Å²) in [6.45, 7) is 7.92. The van der Waals surface area contributed by atoms with Gasteiger partial charge in [-0.05, 0) is 58.3 Å². The van der Waals surface area contributed by atoms with Crippen LogP contribution in [0.4, 0.5) is 13.2 Å². The van der Waals surface area contributed by atoms with E-state index in [1.54, 1.807) is 41.7 Å². The van der Waals surface area contributed by atoms with E-state index in [1.165, 1.54) is 36.4 Å². The van der Waals surface area contributed by atoms with Crippen molar-refractivity contribution in [1.82, 2.24) is 0 Å². The summed E-state index contributed by atoms with van der Waals surface area (Å²) in [6.07, 6.45) is 0. The molecule has 28 heavy (non-hydrogen) atoms. The predicted octanol–water partition coefficient (Wildman–Crippen LogP) is 5.88. The van der Waals surface area contributed by atoms with Crippen LogP contribution in [0.25, 0.3) is 5.57 Å². The van der Waals surface area contributed by atoms with E-state index in [9.17, 15) is 13.2 Å². The Kier molecular flexibility index (Phi) is 5.80. The molecule has 140 valence electrons. The van der Waals surface area contributed by atoms with Gasteiger partial charge in [0.1, 0.15) is 17.5 Å². The molecule has 0 saturated carbocycles. The molecule has 0 atom stereocenters. The molecule has 0 amide bonds. The molecule has 0 saturated heterocycles. The third kappa shape index (κ3) is 4.07. The van der Waals surface area contributed by atoms with Crippen molar-refractivity contribution in [3.8, 4) is 0 Å². The molecule has 0 radical (unpaired) electrons. The molecule has 0 aliphatic heterocycles. The van der Waals surface area contributed by atoms with Gasteiger partial charge < -0.3 is 0 Å². The molecule has 0 aliphatic rings. The zero-order valence-electron chi connectivity index (χ0n) is 15.2. The van der Waals surface area contributed by atoms with Crippen LogP contribution in [-0.4, -0.2) is 8.07 Å². The number of halogens is 3. The summed E-state index contributed by atoms with van der Waals surface area (Å²) in [5.74, 6) is -1.14. The van der Waals surface area contributed by atoms with E-state index in [1.807, 2.05) is 11.8 Å². The fraction of sp³-hybridized carbons (Fsp3) is 0. The van der Waals surface area contributed by atoms with Crippen LogP contribution < -0.4 is 5.19 Å². The quantitative estimate of drug-likeness (QED) is 0.460. The highest BCUT2D eigenvalue weighted by Gasteiger charge is 2.28. The maximum atomic E-state index is 13.9. The summed E-state index contributed by atoms with van der Waals surface area (Å²) in [5.41, 5.74) is 7.33. The van der Waals surface area contributed by atoms with Crippen LogP contribution >= 0.6 is 0 Å². The molecule has 0 aliphatic carbocycles. The molecule has 3 aromatic rings. The van der Waals surface area contributed by atoms with E-state index in [2.05, 4.69) is 13.2 Å². The van der Waals surface area contributed by atoms with Gasteiger partial charge in [-0.15, -0.1) is 13.2 Å². The molecule has 0 aromatic heterocycles. The third-order valence-corrected chi connectivity index (χ3v) is 8.08. The summed E-state index contributed by atoms with van der Waals surface area (Å²) in [4.78, 5) is 0. The molecule has 0 bridgehead atoms. The first kappa shape index (κ1) is 19.6. The van der Waals surface area contributed by atoms with Gasteiger partial charge in [-0.1, -0.05) is 53.5 Å². The van der Waals surface area contributed by atoms with Crippen molar-refractivity contribution in [1.29, 1.82) is 0 Å². The summed E-state index contributed by atoms with van der Waals surface area (Å²) < 4.78 is 41.7. The zero-order chi connectivity index (χ0) is 20.1. The molecule has 0 heterocycles. The Morgan fingerprint density at radius 1 is 0.679 bits per heavy atom. The van der Waals surface area contributed by atoms with Crippen molar-refractivity contribution >= 4 is 18.8 Å². The molecule has 0 spiro atoms. The number of hydrogen-bond acceptors (Lipinski definition) is 0. The minimum Gasteiger partial charge on any atom is -0.207 e. The fourth-order valence-electron chi connectivity index (χ4n) is 3.16. The number of benzene rings is 3. The van der Waals surface area contributed by atoms with Gasteiger partial charge in [-0.2, -0.15) is 0 Å². The molecule has 0 N–H and O–H groups in total. The maximum absolute atomic E-state index is 13.9. The average molecular weight is 392 g/mol. The maximum Gasteiger partial charge on any atom is 0.157 e. The standard InChI is InChI=1S/C24H19F3Si/c1-3-28(4-2,23-13-7-12-22(27)16-23)17-24(18-8-5-10-20(25)14-18)19-9-6-11-21(26)15-19/h3-17H,1-2H2. The SMILES string of the molecule is C=C[Si](C=C)(C=C(c1cccc(F)c1)c1cccc(F)c1)c1cccc(F)c1. The van der Waals surface area contributed by atoms with Crippen molar-refractivity contribution < 1.29 is 13.2 Å². The van der Waals surface area contributed by atoms with Gasteiger partial charge in [0.25, 0.3) is 0 Å². The van der Waals surface area contributed by atoms with E-state index in [-0.39, 0.29) is 5.82 Å². The van der Waals surface area contributed by atoms with Gasteiger partial charge >= 0.3 is 0 Å². The normalized spacial score (nSPS) is 11.0. The molecular formula is C24H19F3Si. The highest BCUT2D eigenvalue weighted by atomic mass is 28.3. The zero-order valence-corrected chi connectivity index (χ0v) is 16.2. The number of hydrogen-bond donors (Lipinski definition) is 0. The molecule has 3 aromatic carbocycles. The van der Waals surface area contributed by atoms with Crippen molar-refractivity contribution in [3.05, 3.63) is 132 Å². The van der Waals surface area contributed by atoms with Gasteiger partial charge in [-0.25, -0.2) is 13.2 Å². The smallest absolute Gasteiger partial charge is 0.157 e. The Bertz CT molecular complexity index is 997. The van der Waals surface area contributed by atoms with E-state index >= 15 is 0 Å². The van der Waals surface area contributed by atoms with Crippen LogP contribution in [0.3, 0.4) is 0 Å². The molecule has 3 rings (SSSR count). The minimum absolute atomic E-state index is 0.357. The lowest BCUT2D eigenvalue weighted by atomic mass is 9.99. The molecule has 0 unspecified atom stereocenters. The Hall–Kier alpha value is -3.11. The average Bonchev–Trinajstić information content (AvgIpc) is 2.69. The lowest BCUT2D eigenvalue weighted by molar-refractivity contribution is 0.627. The Morgan fingerprint density at radius 3 is 1.57 bits per heavy atom. The highest BCUT2D eigenvalue weighted by molar-refractivity contribution is 7.04. The van der Waals surface area contributed by atoms with Crippen molar-refractivity contribution in [2.75, 3.05) is 0 Å². The van der Waals surface area contributed by atoms with Crippen LogP contribution in [0.5, 0.6) is 0 Å². The van der Waals surface area contributed by atoms with E-state index in [0.29, 0.717) is 16.7 Å². The van der Waals surface area contributed by atoms with Crippen molar-refractivity contribution in [2.45, 2.75) is 0 Å². The lowest BCUT2D eigenvalue weighted by Crippen LogP contribution is -2.43. The molecule has 4 heteroatoms. The third-order valence-electron chi connectivity index (χ3n) is 4.65. The van der Waals surface area contributed by atoms with Gasteiger partial charge in [0.05, 0.1) is 0 Å². The largest absolute Gasteiger partial charge is 0.207 e. The summed E-state index contributed by atoms with van der Waals surface area (Å²) in [5, 5.41) is 0.753. The van der Waals surface area contributed by atoms with E-state index in [0.717, 1.165) is 5.19 Å². The van der Waals surface area contributed by atoms with Gasteiger partial charge in [0.2, 0.25) is 0 Å². The van der Waals surface area contributed by atoms with Crippen molar-refractivity contribution in [2.24, 2.45) is 0 Å². The summed E-state index contributed by atoms with van der Waals surface area (Å²) in [7, 11) is -2.73. The van der Waals surface area contributed by atoms with Gasteiger partial charge in [0.15, 0.2) is 8.07 Å². The van der Waals surface area contributed by atoms with Crippen molar-refractivity contribution in [3.63, 3.8) is 0 Å². The first-order valence-electron chi connectivity index (χ1n) is 8.75. The first-order valence-corrected chi connectivity index (χ1v) is 11.0. The van der Waals surface area contributed by atoms with Crippen LogP contribution in [0, 0.1) is 17.5 Å². The fourth-order valence-corrected chi connectivity index (χ4v) is 5.79. The minimum atomic E-state index is -2.73. The van der Waals surface area contributed by atoms with Gasteiger partial charge in [0, 0.05) is 0 Å². The number of rotatable bonds is 6. The second kappa shape index (κ2) is 8.27. The molecule has 0 nitrogen and oxygen atoms in total. The predicted molar refractivity (Wildman–Crippen MR) is 112 cm³/mol. The summed E-state index contributed by atoms with van der Waals surface area (Å²) >= 11 is 0. The van der Waals surface area contributed by atoms with Crippen LogP contribution in [-0.2, 0) is 0 Å². The topological polar surface area (TPSA) is 0 Å².